The largest absolute Gasteiger partial charge is 2.00 e. The number of aliphatic imine (C=N–C) groups is 2. The van der Waals surface area contributed by atoms with Gasteiger partial charge in [-0.25, -0.2) is 0 Å². The summed E-state index contributed by atoms with van der Waals surface area (Å²) < 4.78 is 5.32. The molecule has 0 unspecified atom stereocenters. The van der Waals surface area contributed by atoms with Crippen LogP contribution in [0.25, 0.3) is 0 Å². The molecule has 0 bridgehead atoms. The molecule has 0 heterocycles. The maximum atomic E-state index is 10.1. The van der Waals surface area contributed by atoms with Gasteiger partial charge in [0.15, 0.2) is 0 Å². The van der Waals surface area contributed by atoms with Crippen LogP contribution >= 0.6 is 0 Å². The first-order valence-electron chi connectivity index (χ1n) is 11.8. The topological polar surface area (TPSA) is 155 Å². The summed E-state index contributed by atoms with van der Waals surface area (Å²) in [6.45, 7) is 6.07. The van der Waals surface area contributed by atoms with E-state index in [1.165, 1.54) is 0 Å². The number of phenols is 2. The van der Waals surface area contributed by atoms with E-state index in [9.17, 15) is 10.2 Å². The Kier molecular flexibility index (Phi) is 16.2. The molecule has 2 N–H and O–H groups in total. The summed E-state index contributed by atoms with van der Waals surface area (Å²) in [7, 11) is 1.59. The van der Waals surface area contributed by atoms with Gasteiger partial charge in [-0.15, -0.1) is 0 Å². The quantitative estimate of drug-likeness (QED) is 0.407. The number of aromatic hydroxyl groups is 2. The van der Waals surface area contributed by atoms with E-state index in [1.807, 2.05) is 36.4 Å². The van der Waals surface area contributed by atoms with Gasteiger partial charge in [0.25, 0.3) is 0 Å². The third kappa shape index (κ3) is 13.3. The van der Waals surface area contributed by atoms with E-state index in [0.29, 0.717) is 28.3 Å². The first-order valence-corrected chi connectivity index (χ1v) is 11.8. The second-order valence-electron chi connectivity index (χ2n) is 7.85. The van der Waals surface area contributed by atoms with E-state index in [0.717, 1.165) is 37.8 Å². The average molecular weight is 580 g/mol. The molecule has 39 heavy (non-hydrogen) atoms. The predicted molar refractivity (Wildman–Crippen MR) is 144 cm³/mol. The van der Waals surface area contributed by atoms with Gasteiger partial charge in [-0.2, -0.15) is 0 Å². The number of nitrogens with zero attached hydrogens (tertiary/aromatic N) is 2. The van der Waals surface area contributed by atoms with E-state index in [-0.39, 0.29) is 28.3 Å². The molecular weight excluding hydrogens is 547 g/mol. The molecule has 0 saturated heterocycles. The fourth-order valence-corrected chi connectivity index (χ4v) is 2.98. The zero-order valence-corrected chi connectivity index (χ0v) is 23.5. The molecule has 0 atom stereocenters. The second-order valence-corrected chi connectivity index (χ2v) is 7.85. The SMILES string of the molecule is CC(=O)[O-].CC(=O)[O-].CCc1ccc(O)c(C=Nc2ccc(OC)cc2N=Cc2cc(CC)ccc2O)c1.[Co+2]. The molecule has 0 saturated carbocycles. The molecule has 1 radical (unpaired) electrons. The molecule has 0 spiro atoms. The van der Waals surface area contributed by atoms with Crippen LogP contribution in [0.3, 0.4) is 0 Å². The van der Waals surface area contributed by atoms with E-state index in [2.05, 4.69) is 23.8 Å². The Balaban J connectivity index is 0.00000142. The molecule has 3 aromatic rings. The van der Waals surface area contributed by atoms with Gasteiger partial charge in [0.05, 0.1) is 18.5 Å². The smallest absolute Gasteiger partial charge is 0.550 e. The van der Waals surface area contributed by atoms with Crippen molar-refractivity contribution in [2.24, 2.45) is 9.98 Å². The molecule has 0 aliphatic heterocycles. The number of carboxylic acids is 2. The Morgan fingerprint density at radius 2 is 1.18 bits per heavy atom. The van der Waals surface area contributed by atoms with Crippen molar-refractivity contribution >= 4 is 35.7 Å². The number of benzene rings is 3. The monoisotopic (exact) mass is 579 g/mol. The Morgan fingerprint density at radius 3 is 1.56 bits per heavy atom. The maximum absolute atomic E-state index is 10.1. The number of carboxylic acid groups (broad SMARTS) is 2. The fourth-order valence-electron chi connectivity index (χ4n) is 2.98. The number of aliphatic carboxylic acids is 2. The number of ether oxygens (including phenoxy) is 1. The van der Waals surface area contributed by atoms with E-state index >= 15 is 0 Å². The Hall–Kier alpha value is -4.15. The number of phenolic OH excluding ortho intramolecular Hbond substituents is 2. The molecule has 0 amide bonds. The van der Waals surface area contributed by atoms with Crippen LogP contribution in [0.5, 0.6) is 17.2 Å². The third-order valence-electron chi connectivity index (χ3n) is 4.87. The van der Waals surface area contributed by atoms with Crippen LogP contribution in [0.1, 0.15) is 49.9 Å². The second kappa shape index (κ2) is 18.2. The van der Waals surface area contributed by atoms with Crippen molar-refractivity contribution < 1.29 is 51.5 Å². The third-order valence-corrected chi connectivity index (χ3v) is 4.87. The number of hydrogen-bond acceptors (Lipinski definition) is 9. The van der Waals surface area contributed by atoms with Crippen LogP contribution in [-0.2, 0) is 39.2 Å². The summed E-state index contributed by atoms with van der Waals surface area (Å²) in [5.41, 5.74) is 4.74. The molecule has 0 aliphatic rings. The normalized spacial score (nSPS) is 10.1. The molecule has 10 heteroatoms. The summed E-state index contributed by atoms with van der Waals surface area (Å²) in [5.74, 6) is -1.16. The minimum absolute atomic E-state index is 0. The van der Waals surface area contributed by atoms with E-state index < -0.39 is 11.9 Å². The first-order chi connectivity index (χ1) is 18.0. The van der Waals surface area contributed by atoms with Crippen LogP contribution in [0.4, 0.5) is 11.4 Å². The minimum atomic E-state index is -1.08. The maximum Gasteiger partial charge on any atom is 2.00 e. The van der Waals surface area contributed by atoms with Crippen LogP contribution < -0.4 is 14.9 Å². The van der Waals surface area contributed by atoms with E-state index in [1.54, 1.807) is 37.7 Å². The molecule has 0 aromatic heterocycles. The summed E-state index contributed by atoms with van der Waals surface area (Å²) in [4.78, 5) is 26.9. The predicted octanol–water partition coefficient (Wildman–Crippen LogP) is 3.24. The van der Waals surface area contributed by atoms with Gasteiger partial charge in [-0.1, -0.05) is 26.0 Å². The number of hydrogen-bond donors (Lipinski definition) is 2. The van der Waals surface area contributed by atoms with Crippen molar-refractivity contribution in [1.29, 1.82) is 0 Å². The van der Waals surface area contributed by atoms with Gasteiger partial charge in [-0.3, -0.25) is 9.98 Å². The van der Waals surface area contributed by atoms with Crippen LogP contribution in [-0.4, -0.2) is 41.7 Å². The Morgan fingerprint density at radius 1 is 0.769 bits per heavy atom. The molecule has 3 aromatic carbocycles. The Labute approximate surface area is 238 Å². The number of carbonyl (C=O) groups excluding carboxylic acids is 2. The zero-order valence-electron chi connectivity index (χ0n) is 22.4. The molecular formula is C29H32CoN2O7. The van der Waals surface area contributed by atoms with Crippen LogP contribution in [0.2, 0.25) is 0 Å². The van der Waals surface area contributed by atoms with Gasteiger partial charge >= 0.3 is 16.8 Å². The van der Waals surface area contributed by atoms with Gasteiger partial charge in [-0.05, 0) is 74.2 Å². The molecule has 0 fully saturated rings. The number of methoxy groups -OCH3 is 1. The van der Waals surface area contributed by atoms with Crippen LogP contribution in [0.15, 0.2) is 64.6 Å². The van der Waals surface area contributed by atoms with Crippen molar-refractivity contribution in [2.75, 3.05) is 7.11 Å². The standard InChI is InChI=1S/C25H26N2O3.2C2H4O2.Co/c1-4-17-6-10-24(28)19(12-17)15-26-22-9-8-21(30-3)14-23(22)27-16-20-13-18(5-2)7-11-25(20)29;2*1-2(3)4;/h6-16,28-29H,4-5H2,1-3H3;2*1H3,(H,3,4);/q;;;+2/p-2. The minimum Gasteiger partial charge on any atom is -0.550 e. The van der Waals surface area contributed by atoms with Crippen molar-refractivity contribution in [2.45, 2.75) is 40.5 Å². The Bertz CT molecular complexity index is 1270. The van der Waals surface area contributed by atoms with Crippen molar-refractivity contribution in [3.05, 3.63) is 76.9 Å². The number of aryl methyl sites for hydroxylation is 2. The molecule has 3 rings (SSSR count). The number of rotatable bonds is 7. The van der Waals surface area contributed by atoms with E-state index in [4.69, 9.17) is 24.5 Å². The summed E-state index contributed by atoms with van der Waals surface area (Å²) in [6, 6.07) is 16.4. The average Bonchev–Trinajstić information content (AvgIpc) is 2.87. The van der Waals surface area contributed by atoms with Crippen molar-refractivity contribution in [1.82, 2.24) is 0 Å². The summed E-state index contributed by atoms with van der Waals surface area (Å²) in [5, 5.41) is 38.0. The van der Waals surface area contributed by atoms with Gasteiger partial charge < -0.3 is 34.8 Å². The first kappa shape index (κ1) is 34.8. The zero-order chi connectivity index (χ0) is 28.7. The van der Waals surface area contributed by atoms with Crippen molar-refractivity contribution in [3.8, 4) is 17.2 Å². The summed E-state index contributed by atoms with van der Waals surface area (Å²) in [6.07, 6.45) is 5.00. The molecule has 0 aliphatic carbocycles. The number of carbonyl (C=O) groups is 2. The van der Waals surface area contributed by atoms with Crippen LogP contribution in [0, 0.1) is 0 Å². The molecule has 9 nitrogen and oxygen atoms in total. The summed E-state index contributed by atoms with van der Waals surface area (Å²) >= 11 is 0. The molecule has 209 valence electrons. The van der Waals surface area contributed by atoms with Gasteiger partial charge in [0.2, 0.25) is 0 Å². The van der Waals surface area contributed by atoms with Gasteiger partial charge in [0, 0.05) is 41.6 Å². The van der Waals surface area contributed by atoms with Crippen molar-refractivity contribution in [3.63, 3.8) is 0 Å². The van der Waals surface area contributed by atoms with Gasteiger partial charge in [0.1, 0.15) is 17.2 Å². The fraction of sp³-hybridized carbons (Fsp3) is 0.241.